The van der Waals surface area contributed by atoms with Crippen LogP contribution in [0.1, 0.15) is 11.1 Å². The summed E-state index contributed by atoms with van der Waals surface area (Å²) in [7, 11) is 1.48. The zero-order chi connectivity index (χ0) is 22.7. The quantitative estimate of drug-likeness (QED) is 0.396. The lowest BCUT2D eigenvalue weighted by atomic mass is 10.2. The van der Waals surface area contributed by atoms with Gasteiger partial charge < -0.3 is 9.47 Å². The highest BCUT2D eigenvalue weighted by Crippen LogP contribution is 2.40. The topological polar surface area (TPSA) is 55.8 Å². The van der Waals surface area contributed by atoms with Crippen molar-refractivity contribution in [2.75, 3.05) is 12.0 Å². The third-order valence-electron chi connectivity index (χ3n) is 4.71. The standard InChI is InChI=1S/C24H17ClFNO4S/c1-30-21-9-5-4-8-19(21)27-23(28)22(32-24(27)29)13-15-10-11-20(17(25)12-15)31-14-16-6-2-3-7-18(16)26/h2-13H,14H2,1H3/b22-13-. The number of halogens is 2. The minimum absolute atomic E-state index is 0.0313. The number of thioether (sulfide) groups is 1. The summed E-state index contributed by atoms with van der Waals surface area (Å²) in [5.41, 5.74) is 1.42. The maximum absolute atomic E-state index is 13.8. The summed E-state index contributed by atoms with van der Waals surface area (Å²) in [6.07, 6.45) is 1.59. The lowest BCUT2D eigenvalue weighted by Crippen LogP contribution is -2.28. The minimum Gasteiger partial charge on any atom is -0.495 e. The summed E-state index contributed by atoms with van der Waals surface area (Å²) in [5, 5.41) is -0.110. The molecule has 8 heteroatoms. The van der Waals surface area contributed by atoms with Crippen LogP contribution in [0.2, 0.25) is 5.02 Å². The molecule has 3 aromatic rings. The summed E-state index contributed by atoms with van der Waals surface area (Å²) >= 11 is 7.15. The number of para-hydroxylation sites is 2. The van der Waals surface area contributed by atoms with Crippen LogP contribution in [0.4, 0.5) is 14.9 Å². The molecule has 1 saturated heterocycles. The predicted octanol–water partition coefficient (Wildman–Crippen LogP) is 6.31. The van der Waals surface area contributed by atoms with Crippen LogP contribution in [0.3, 0.4) is 0 Å². The van der Waals surface area contributed by atoms with Gasteiger partial charge in [0.25, 0.3) is 11.1 Å². The predicted molar refractivity (Wildman–Crippen MR) is 124 cm³/mol. The molecule has 1 fully saturated rings. The van der Waals surface area contributed by atoms with Crippen molar-refractivity contribution in [1.29, 1.82) is 0 Å². The number of methoxy groups -OCH3 is 1. The Labute approximate surface area is 193 Å². The van der Waals surface area contributed by atoms with Crippen molar-refractivity contribution in [3.63, 3.8) is 0 Å². The smallest absolute Gasteiger partial charge is 0.298 e. The van der Waals surface area contributed by atoms with Crippen molar-refractivity contribution < 1.29 is 23.5 Å². The zero-order valence-electron chi connectivity index (χ0n) is 16.9. The van der Waals surface area contributed by atoms with Crippen molar-refractivity contribution >= 4 is 46.3 Å². The first-order valence-corrected chi connectivity index (χ1v) is 10.7. The van der Waals surface area contributed by atoms with E-state index in [4.69, 9.17) is 21.1 Å². The first-order valence-electron chi connectivity index (χ1n) is 9.54. The van der Waals surface area contributed by atoms with Gasteiger partial charge in [0.15, 0.2) is 0 Å². The van der Waals surface area contributed by atoms with Gasteiger partial charge >= 0.3 is 0 Å². The lowest BCUT2D eigenvalue weighted by Gasteiger charge is -2.15. The molecule has 0 atom stereocenters. The summed E-state index contributed by atoms with van der Waals surface area (Å²) in [4.78, 5) is 26.8. The van der Waals surface area contributed by atoms with Crippen LogP contribution < -0.4 is 14.4 Å². The fourth-order valence-electron chi connectivity index (χ4n) is 3.14. The molecule has 0 aliphatic carbocycles. The Morgan fingerprint density at radius 2 is 1.78 bits per heavy atom. The van der Waals surface area contributed by atoms with E-state index < -0.39 is 11.1 Å². The monoisotopic (exact) mass is 469 g/mol. The Balaban J connectivity index is 1.53. The van der Waals surface area contributed by atoms with Crippen LogP contribution in [0.25, 0.3) is 6.08 Å². The molecule has 0 bridgehead atoms. The molecule has 0 N–H and O–H groups in total. The Hall–Kier alpha value is -3.29. The number of amides is 2. The molecule has 0 radical (unpaired) electrons. The van der Waals surface area contributed by atoms with Crippen molar-refractivity contribution in [2.24, 2.45) is 0 Å². The molecule has 0 saturated carbocycles. The van der Waals surface area contributed by atoms with E-state index in [0.717, 1.165) is 16.7 Å². The second-order valence-electron chi connectivity index (χ2n) is 6.76. The van der Waals surface area contributed by atoms with E-state index in [0.29, 0.717) is 33.3 Å². The highest BCUT2D eigenvalue weighted by atomic mass is 35.5. The molecule has 5 nitrogen and oxygen atoms in total. The average molecular weight is 470 g/mol. The molecular formula is C24H17ClFNO4S. The van der Waals surface area contributed by atoms with Gasteiger partial charge in [-0.15, -0.1) is 0 Å². The number of carbonyl (C=O) groups excluding carboxylic acids is 2. The normalized spacial score (nSPS) is 14.8. The molecule has 0 unspecified atom stereocenters. The van der Waals surface area contributed by atoms with Gasteiger partial charge in [0.2, 0.25) is 0 Å². The van der Waals surface area contributed by atoms with E-state index in [1.807, 2.05) is 0 Å². The van der Waals surface area contributed by atoms with E-state index in [-0.39, 0.29) is 17.3 Å². The fourth-order valence-corrected chi connectivity index (χ4v) is 4.21. The van der Waals surface area contributed by atoms with Crippen LogP contribution in [0, 0.1) is 5.82 Å². The summed E-state index contributed by atoms with van der Waals surface area (Å²) in [6, 6.07) is 18.1. The van der Waals surface area contributed by atoms with Crippen LogP contribution in [0.15, 0.2) is 71.6 Å². The first kappa shape index (κ1) is 21.9. The van der Waals surface area contributed by atoms with Crippen LogP contribution >= 0.6 is 23.4 Å². The average Bonchev–Trinajstić information content (AvgIpc) is 3.06. The van der Waals surface area contributed by atoms with E-state index >= 15 is 0 Å². The van der Waals surface area contributed by atoms with Gasteiger partial charge in [-0.2, -0.15) is 0 Å². The summed E-state index contributed by atoms with van der Waals surface area (Å²) in [6.45, 7) is 0.0313. The van der Waals surface area contributed by atoms with Crippen molar-refractivity contribution in [2.45, 2.75) is 6.61 Å². The van der Waals surface area contributed by atoms with E-state index in [1.165, 1.54) is 13.2 Å². The van der Waals surface area contributed by atoms with Crippen molar-refractivity contribution in [3.8, 4) is 11.5 Å². The Bertz CT molecular complexity index is 1230. The minimum atomic E-state index is -0.444. The van der Waals surface area contributed by atoms with Crippen LogP contribution in [0.5, 0.6) is 11.5 Å². The SMILES string of the molecule is COc1ccccc1N1C(=O)S/C(=C\c2ccc(OCc3ccccc3F)c(Cl)c2)C1=O. The van der Waals surface area contributed by atoms with E-state index in [2.05, 4.69) is 0 Å². The largest absolute Gasteiger partial charge is 0.495 e. The maximum atomic E-state index is 13.8. The van der Waals surface area contributed by atoms with Crippen molar-refractivity contribution in [1.82, 2.24) is 0 Å². The molecule has 3 aromatic carbocycles. The highest BCUT2D eigenvalue weighted by Gasteiger charge is 2.37. The molecule has 32 heavy (non-hydrogen) atoms. The fraction of sp³-hybridized carbons (Fsp3) is 0.0833. The molecular weight excluding hydrogens is 453 g/mol. The number of hydrogen-bond donors (Lipinski definition) is 0. The number of carbonyl (C=O) groups is 2. The van der Waals surface area contributed by atoms with Gasteiger partial charge in [-0.25, -0.2) is 9.29 Å². The zero-order valence-corrected chi connectivity index (χ0v) is 18.5. The molecule has 1 aliphatic rings. The number of imide groups is 1. The lowest BCUT2D eigenvalue weighted by molar-refractivity contribution is -0.113. The third-order valence-corrected chi connectivity index (χ3v) is 5.88. The third kappa shape index (κ3) is 4.49. The molecule has 162 valence electrons. The highest BCUT2D eigenvalue weighted by molar-refractivity contribution is 8.19. The van der Waals surface area contributed by atoms with Crippen LogP contribution in [-0.4, -0.2) is 18.3 Å². The van der Waals surface area contributed by atoms with Gasteiger partial charge in [0, 0.05) is 5.56 Å². The number of hydrogen-bond acceptors (Lipinski definition) is 5. The van der Waals surface area contributed by atoms with Gasteiger partial charge in [0.05, 0.1) is 22.7 Å². The second-order valence-corrected chi connectivity index (χ2v) is 8.16. The summed E-state index contributed by atoms with van der Waals surface area (Å²) < 4.78 is 24.7. The van der Waals surface area contributed by atoms with Crippen LogP contribution in [-0.2, 0) is 11.4 Å². The maximum Gasteiger partial charge on any atom is 0.298 e. The molecule has 1 aliphatic heterocycles. The first-order chi connectivity index (χ1) is 15.5. The van der Waals surface area contributed by atoms with Gasteiger partial charge in [0.1, 0.15) is 23.9 Å². The molecule has 2 amide bonds. The Morgan fingerprint density at radius 3 is 2.53 bits per heavy atom. The number of ether oxygens (including phenoxy) is 2. The van der Waals surface area contributed by atoms with E-state index in [9.17, 15) is 14.0 Å². The van der Waals surface area contributed by atoms with Crippen molar-refractivity contribution in [3.05, 3.63) is 93.6 Å². The van der Waals surface area contributed by atoms with Gasteiger partial charge in [-0.1, -0.05) is 48.0 Å². The van der Waals surface area contributed by atoms with Gasteiger partial charge in [-0.05, 0) is 53.7 Å². The molecule has 4 rings (SSSR count). The Morgan fingerprint density at radius 1 is 1.03 bits per heavy atom. The van der Waals surface area contributed by atoms with E-state index in [1.54, 1.807) is 66.7 Å². The molecule has 0 spiro atoms. The summed E-state index contributed by atoms with van der Waals surface area (Å²) in [5.74, 6) is 0.0103. The molecule has 0 aromatic heterocycles. The second kappa shape index (κ2) is 9.46. The number of benzene rings is 3. The number of anilines is 1. The molecule has 1 heterocycles. The van der Waals surface area contributed by atoms with Gasteiger partial charge in [-0.3, -0.25) is 9.59 Å². The Kier molecular flexibility index (Phi) is 6.48. The number of nitrogens with zero attached hydrogens (tertiary/aromatic N) is 1. The number of rotatable bonds is 6.